The highest BCUT2D eigenvalue weighted by atomic mass is 35.5. The zero-order valence-corrected chi connectivity index (χ0v) is 40.9. The first kappa shape index (κ1) is 47.9. The monoisotopic (exact) mass is 1010 g/mol. The highest BCUT2D eigenvalue weighted by Crippen LogP contribution is 2.33. The summed E-state index contributed by atoms with van der Waals surface area (Å²) in [7, 11) is -3.82. The third kappa shape index (κ3) is 11.6. The van der Waals surface area contributed by atoms with Gasteiger partial charge in [-0.3, -0.25) is 9.59 Å². The number of carbonyl (C=O) groups is 2. The number of carbonyl (C=O) groups excluding carboxylic acids is 2. The van der Waals surface area contributed by atoms with Gasteiger partial charge in [-0.2, -0.15) is 0 Å². The van der Waals surface area contributed by atoms with Crippen molar-refractivity contribution in [3.63, 3.8) is 0 Å². The van der Waals surface area contributed by atoms with E-state index in [1.807, 2.05) is 97.1 Å². The van der Waals surface area contributed by atoms with Crippen molar-refractivity contribution in [2.24, 2.45) is 0 Å². The Labute approximate surface area is 432 Å². The Bertz CT molecular complexity index is 3400. The second-order valence-electron chi connectivity index (χ2n) is 16.7. The number of ketones is 2. The molecule has 0 aliphatic rings. The van der Waals surface area contributed by atoms with E-state index < -0.39 is 9.84 Å². The topological polar surface area (TPSA) is 105 Å². The van der Waals surface area contributed by atoms with Crippen molar-refractivity contribution in [1.82, 2.24) is 0 Å². The molecule has 11 heteroatoms. The van der Waals surface area contributed by atoms with Crippen molar-refractivity contribution in [1.29, 1.82) is 0 Å². The molecule has 0 spiro atoms. The fraction of sp³-hybridized carbons (Fsp3) is 0. The summed E-state index contributed by atoms with van der Waals surface area (Å²) in [5.74, 6) is 4.48. The molecule has 73 heavy (non-hydrogen) atoms. The van der Waals surface area contributed by atoms with Gasteiger partial charge in [0.15, 0.2) is 11.6 Å². The summed E-state index contributed by atoms with van der Waals surface area (Å²) in [4.78, 5) is 25.9. The zero-order chi connectivity index (χ0) is 50.3. The Kier molecular flexibility index (Phi) is 14.0. The number of hydrogen-bond acceptors (Lipinski definition) is 8. The van der Waals surface area contributed by atoms with Gasteiger partial charge in [-0.05, 0) is 216 Å². The van der Waals surface area contributed by atoms with E-state index in [9.17, 15) is 18.0 Å². The summed E-state index contributed by atoms with van der Waals surface area (Å²) in [6.45, 7) is 0. The van der Waals surface area contributed by atoms with Gasteiger partial charge in [0.05, 0.1) is 9.79 Å². The Morgan fingerprint density at radius 2 is 0.438 bits per heavy atom. The summed E-state index contributed by atoms with van der Waals surface area (Å²) < 4.78 is 51.4. The molecule has 8 nitrogen and oxygen atoms in total. The van der Waals surface area contributed by atoms with E-state index in [-0.39, 0.29) is 21.4 Å². The standard InChI is InChI=1S/C62H40Cl2O8S/c63-49-17-1-45(2-18-49)61(65)47-13-29-55(30-14-47)69-51-21-5-41(6-22-51)43-9-25-53(26-10-43)71-57-33-37-59(38-34-57)73(67,68)60-39-35-58(36-40-60)72-54-27-11-44(12-28-54)42-7-23-52(24-8-42)70-56-31-15-48(16-32-56)62(66)46-3-19-50(64)20-4-46/h1-40H. The van der Waals surface area contributed by atoms with Crippen LogP contribution in [-0.2, 0) is 9.84 Å². The molecule has 10 aromatic rings. The molecular formula is C62H40Cl2O8S. The average Bonchev–Trinajstić information content (AvgIpc) is 3.43. The molecule has 10 rings (SSSR count). The minimum Gasteiger partial charge on any atom is -0.457 e. The molecule has 356 valence electrons. The van der Waals surface area contributed by atoms with Crippen molar-refractivity contribution in [2.75, 3.05) is 0 Å². The molecule has 0 atom stereocenters. The van der Waals surface area contributed by atoms with E-state index in [0.29, 0.717) is 78.3 Å². The van der Waals surface area contributed by atoms with Crippen molar-refractivity contribution < 1.29 is 37.0 Å². The number of halogens is 2. The van der Waals surface area contributed by atoms with Crippen LogP contribution < -0.4 is 18.9 Å². The van der Waals surface area contributed by atoms with Gasteiger partial charge in [-0.1, -0.05) is 71.7 Å². The first-order valence-electron chi connectivity index (χ1n) is 22.9. The average molecular weight is 1020 g/mol. The van der Waals surface area contributed by atoms with Gasteiger partial charge in [0.25, 0.3) is 0 Å². The van der Waals surface area contributed by atoms with E-state index in [1.165, 1.54) is 24.3 Å². The van der Waals surface area contributed by atoms with Crippen LogP contribution in [0.4, 0.5) is 0 Å². The van der Waals surface area contributed by atoms with Gasteiger partial charge in [0.1, 0.15) is 46.0 Å². The Balaban J connectivity index is 0.690. The van der Waals surface area contributed by atoms with Crippen LogP contribution in [0.1, 0.15) is 31.8 Å². The van der Waals surface area contributed by atoms with Crippen molar-refractivity contribution in [3.05, 3.63) is 275 Å². The van der Waals surface area contributed by atoms with Gasteiger partial charge < -0.3 is 18.9 Å². The number of rotatable bonds is 16. The van der Waals surface area contributed by atoms with E-state index in [4.69, 9.17) is 42.1 Å². The van der Waals surface area contributed by atoms with Crippen LogP contribution in [0, 0.1) is 0 Å². The van der Waals surface area contributed by atoms with Gasteiger partial charge in [0, 0.05) is 32.3 Å². The van der Waals surface area contributed by atoms with Crippen LogP contribution in [-0.4, -0.2) is 20.0 Å². The summed E-state index contributed by atoms with van der Waals surface area (Å²) in [6.07, 6.45) is 0. The number of sulfone groups is 1. The van der Waals surface area contributed by atoms with Crippen molar-refractivity contribution in [3.8, 4) is 68.2 Å². The molecule has 0 aliphatic carbocycles. The second kappa shape index (κ2) is 21.3. The smallest absolute Gasteiger partial charge is 0.206 e. The summed E-state index contributed by atoms with van der Waals surface area (Å²) in [6, 6.07) is 70.7. The molecule has 0 amide bonds. The molecule has 0 unspecified atom stereocenters. The maximum absolute atomic E-state index is 13.6. The first-order chi connectivity index (χ1) is 35.5. The molecule has 0 N–H and O–H groups in total. The summed E-state index contributed by atoms with van der Waals surface area (Å²) in [5.41, 5.74) is 6.12. The largest absolute Gasteiger partial charge is 0.457 e. The fourth-order valence-electron chi connectivity index (χ4n) is 7.80. The number of ether oxygens (including phenoxy) is 4. The lowest BCUT2D eigenvalue weighted by atomic mass is 10.0. The lowest BCUT2D eigenvalue weighted by Gasteiger charge is -2.11. The highest BCUT2D eigenvalue weighted by molar-refractivity contribution is 7.91. The van der Waals surface area contributed by atoms with E-state index in [2.05, 4.69) is 0 Å². The van der Waals surface area contributed by atoms with Crippen molar-refractivity contribution >= 4 is 44.6 Å². The molecule has 0 aliphatic heterocycles. The zero-order valence-electron chi connectivity index (χ0n) is 38.5. The predicted octanol–water partition coefficient (Wildman–Crippen LogP) is 16.8. The maximum Gasteiger partial charge on any atom is 0.206 e. The van der Waals surface area contributed by atoms with Crippen LogP contribution >= 0.6 is 23.2 Å². The Hall–Kier alpha value is -8.73. The molecule has 0 bridgehead atoms. The van der Waals surface area contributed by atoms with Crippen LogP contribution in [0.3, 0.4) is 0 Å². The minimum atomic E-state index is -3.82. The first-order valence-corrected chi connectivity index (χ1v) is 25.1. The predicted molar refractivity (Wildman–Crippen MR) is 285 cm³/mol. The maximum atomic E-state index is 13.6. The second-order valence-corrected chi connectivity index (χ2v) is 19.5. The number of hydrogen-bond donors (Lipinski definition) is 0. The Morgan fingerprint density at radius 3 is 0.658 bits per heavy atom. The third-order valence-electron chi connectivity index (χ3n) is 11.7. The summed E-state index contributed by atoms with van der Waals surface area (Å²) in [5, 5.41) is 1.15. The molecule has 0 saturated heterocycles. The van der Waals surface area contributed by atoms with E-state index >= 15 is 0 Å². The molecule has 0 aromatic heterocycles. The quantitative estimate of drug-likeness (QED) is 0.0882. The number of benzene rings is 10. The van der Waals surface area contributed by atoms with Gasteiger partial charge in [0.2, 0.25) is 9.84 Å². The molecule has 0 radical (unpaired) electrons. The van der Waals surface area contributed by atoms with Crippen LogP contribution in [0.2, 0.25) is 10.0 Å². The molecule has 0 heterocycles. The molecule has 10 aromatic carbocycles. The van der Waals surface area contributed by atoms with Crippen LogP contribution in [0.5, 0.6) is 46.0 Å². The third-order valence-corrected chi connectivity index (χ3v) is 14.0. The van der Waals surface area contributed by atoms with E-state index in [1.54, 1.807) is 121 Å². The summed E-state index contributed by atoms with van der Waals surface area (Å²) >= 11 is 11.9. The van der Waals surface area contributed by atoms with Gasteiger partial charge in [-0.25, -0.2) is 8.42 Å². The van der Waals surface area contributed by atoms with E-state index in [0.717, 1.165) is 22.3 Å². The SMILES string of the molecule is O=C(c1ccc(Cl)cc1)c1ccc(Oc2ccc(-c3ccc(Oc4ccc(S(=O)(=O)c5ccc(Oc6ccc(-c7ccc(Oc8ccc(C(=O)c9ccc(Cl)cc9)cc8)cc7)cc6)cc5)cc4)cc3)cc2)cc1. The minimum absolute atomic E-state index is 0.0957. The highest BCUT2D eigenvalue weighted by Gasteiger charge is 2.19. The lowest BCUT2D eigenvalue weighted by molar-refractivity contribution is 0.103. The van der Waals surface area contributed by atoms with Crippen molar-refractivity contribution in [2.45, 2.75) is 9.79 Å². The Morgan fingerprint density at radius 1 is 0.260 bits per heavy atom. The van der Waals surface area contributed by atoms with Gasteiger partial charge in [-0.15, -0.1) is 0 Å². The normalized spacial score (nSPS) is 11.1. The van der Waals surface area contributed by atoms with Crippen LogP contribution in [0.15, 0.2) is 252 Å². The van der Waals surface area contributed by atoms with Gasteiger partial charge >= 0.3 is 0 Å². The lowest BCUT2D eigenvalue weighted by Crippen LogP contribution is -2.01. The van der Waals surface area contributed by atoms with Crippen LogP contribution in [0.25, 0.3) is 22.3 Å². The molecular weight excluding hydrogens is 976 g/mol. The molecule has 0 fully saturated rings. The molecule has 0 saturated carbocycles. The fourth-order valence-corrected chi connectivity index (χ4v) is 9.31.